The van der Waals surface area contributed by atoms with Crippen molar-refractivity contribution in [2.45, 2.75) is 6.92 Å². The van der Waals surface area contributed by atoms with Gasteiger partial charge in [-0.3, -0.25) is 0 Å². The monoisotopic (exact) mass is 370 g/mol. The van der Waals surface area contributed by atoms with E-state index in [1.807, 2.05) is 6.07 Å². The van der Waals surface area contributed by atoms with Crippen molar-refractivity contribution in [2.24, 2.45) is 0 Å². The molecule has 8 heteroatoms. The van der Waals surface area contributed by atoms with Crippen LogP contribution in [0.4, 0.5) is 31.9 Å². The van der Waals surface area contributed by atoms with Crippen molar-refractivity contribution >= 4 is 23.1 Å². The second-order valence-corrected chi connectivity index (χ2v) is 5.92. The number of rotatable bonds is 4. The maximum atomic E-state index is 13.8. The highest BCUT2D eigenvalue weighted by Crippen LogP contribution is 2.33. The normalized spacial score (nSPS) is 12.6. The van der Waals surface area contributed by atoms with Gasteiger partial charge < -0.3 is 20.1 Å². The van der Waals surface area contributed by atoms with Gasteiger partial charge in [0.15, 0.2) is 11.5 Å². The molecule has 0 fully saturated rings. The smallest absolute Gasteiger partial charge is 0.229 e. The number of anilines is 4. The molecule has 2 N–H and O–H groups in total. The van der Waals surface area contributed by atoms with Gasteiger partial charge in [-0.25, -0.2) is 13.8 Å². The standard InChI is InChI=1S/C19H16F2N4O2/c1-11-9-17(23-12-5-6-15-16(10-12)27-8-7-26-15)24-19(22-11)25-18-13(20)3-2-4-14(18)21/h2-6,9-10H,7-8H2,1H3,(H2,22,23,24,25). The van der Waals surface area contributed by atoms with E-state index in [1.54, 1.807) is 25.1 Å². The van der Waals surface area contributed by atoms with E-state index in [0.717, 1.165) is 17.8 Å². The van der Waals surface area contributed by atoms with Gasteiger partial charge >= 0.3 is 0 Å². The van der Waals surface area contributed by atoms with Crippen molar-refractivity contribution < 1.29 is 18.3 Å². The number of hydrogen-bond acceptors (Lipinski definition) is 6. The quantitative estimate of drug-likeness (QED) is 0.713. The number of benzene rings is 2. The minimum absolute atomic E-state index is 0.0824. The molecule has 2 aromatic carbocycles. The SMILES string of the molecule is Cc1cc(Nc2ccc3c(c2)OCCO3)nc(Nc2c(F)cccc2F)n1. The third kappa shape index (κ3) is 3.74. The Morgan fingerprint density at radius 1 is 0.889 bits per heavy atom. The summed E-state index contributed by atoms with van der Waals surface area (Å²) in [6, 6.07) is 10.8. The highest BCUT2D eigenvalue weighted by molar-refractivity contribution is 5.63. The van der Waals surface area contributed by atoms with Crippen LogP contribution in [-0.2, 0) is 0 Å². The largest absolute Gasteiger partial charge is 0.486 e. The van der Waals surface area contributed by atoms with Crippen molar-refractivity contribution in [1.82, 2.24) is 9.97 Å². The van der Waals surface area contributed by atoms with Crippen LogP contribution in [0.15, 0.2) is 42.5 Å². The molecule has 0 saturated heterocycles. The van der Waals surface area contributed by atoms with Crippen LogP contribution in [0.5, 0.6) is 11.5 Å². The number of fused-ring (bicyclic) bond motifs is 1. The number of aryl methyl sites for hydroxylation is 1. The molecule has 138 valence electrons. The Morgan fingerprint density at radius 3 is 2.41 bits per heavy atom. The number of hydrogen-bond donors (Lipinski definition) is 2. The first-order valence-corrected chi connectivity index (χ1v) is 8.32. The van der Waals surface area contributed by atoms with E-state index >= 15 is 0 Å². The molecule has 4 rings (SSSR count). The zero-order valence-electron chi connectivity index (χ0n) is 14.4. The summed E-state index contributed by atoms with van der Waals surface area (Å²) in [5.74, 6) is 0.437. The van der Waals surface area contributed by atoms with Crippen molar-refractivity contribution in [2.75, 3.05) is 23.8 Å². The molecule has 1 aliphatic heterocycles. The molecule has 1 aliphatic rings. The number of nitrogens with one attached hydrogen (secondary N) is 2. The molecule has 0 atom stereocenters. The van der Waals surface area contributed by atoms with Crippen molar-refractivity contribution in [3.63, 3.8) is 0 Å². The number of aromatic nitrogens is 2. The summed E-state index contributed by atoms with van der Waals surface area (Å²) in [5, 5.41) is 5.74. The molecule has 0 amide bonds. The van der Waals surface area contributed by atoms with Crippen molar-refractivity contribution in [3.05, 3.63) is 59.8 Å². The Morgan fingerprint density at radius 2 is 1.63 bits per heavy atom. The van der Waals surface area contributed by atoms with Crippen molar-refractivity contribution in [3.8, 4) is 11.5 Å². The van der Waals surface area contributed by atoms with Crippen LogP contribution in [0.25, 0.3) is 0 Å². The predicted octanol–water partition coefficient (Wildman–Crippen LogP) is 4.32. The minimum Gasteiger partial charge on any atom is -0.486 e. The molecule has 27 heavy (non-hydrogen) atoms. The molecular weight excluding hydrogens is 354 g/mol. The van der Waals surface area contributed by atoms with Crippen LogP contribution in [0.2, 0.25) is 0 Å². The molecule has 1 aromatic heterocycles. The molecule has 0 radical (unpaired) electrons. The zero-order chi connectivity index (χ0) is 18.8. The highest BCUT2D eigenvalue weighted by Gasteiger charge is 2.13. The maximum Gasteiger partial charge on any atom is 0.229 e. The molecule has 0 bridgehead atoms. The third-order valence-electron chi connectivity index (χ3n) is 3.87. The first-order valence-electron chi connectivity index (χ1n) is 8.32. The first kappa shape index (κ1) is 17.0. The van der Waals surface area contributed by atoms with E-state index < -0.39 is 11.6 Å². The summed E-state index contributed by atoms with van der Waals surface area (Å²) in [7, 11) is 0. The Labute approximate surface area is 154 Å². The van der Waals surface area contributed by atoms with Gasteiger partial charge in [0.2, 0.25) is 5.95 Å². The summed E-state index contributed by atoms with van der Waals surface area (Å²) in [6.45, 7) is 2.78. The van der Waals surface area contributed by atoms with Gasteiger partial charge in [0.1, 0.15) is 36.4 Å². The van der Waals surface area contributed by atoms with Crippen LogP contribution in [0, 0.1) is 18.6 Å². The molecule has 3 aromatic rings. The van der Waals surface area contributed by atoms with E-state index in [1.165, 1.54) is 6.07 Å². The van der Waals surface area contributed by atoms with Crippen LogP contribution in [0.1, 0.15) is 5.69 Å². The molecular formula is C19H16F2N4O2. The van der Waals surface area contributed by atoms with E-state index in [9.17, 15) is 8.78 Å². The fourth-order valence-corrected chi connectivity index (χ4v) is 2.69. The lowest BCUT2D eigenvalue weighted by atomic mass is 10.2. The predicted molar refractivity (Wildman–Crippen MR) is 97.1 cm³/mol. The summed E-state index contributed by atoms with van der Waals surface area (Å²) in [6.07, 6.45) is 0. The Balaban J connectivity index is 1.59. The lowest BCUT2D eigenvalue weighted by molar-refractivity contribution is 0.171. The lowest BCUT2D eigenvalue weighted by Crippen LogP contribution is -2.15. The average molecular weight is 370 g/mol. The van der Waals surface area contributed by atoms with Gasteiger partial charge in [-0.15, -0.1) is 0 Å². The Kier molecular flexibility index (Phi) is 4.45. The first-order chi connectivity index (χ1) is 13.1. The number of halogens is 2. The Bertz CT molecular complexity index is 977. The topological polar surface area (TPSA) is 68.3 Å². The van der Waals surface area contributed by atoms with E-state index in [-0.39, 0.29) is 11.6 Å². The second kappa shape index (κ2) is 7.06. The third-order valence-corrected chi connectivity index (χ3v) is 3.87. The number of ether oxygens (including phenoxy) is 2. The van der Waals surface area contributed by atoms with Crippen LogP contribution >= 0.6 is 0 Å². The minimum atomic E-state index is -0.721. The maximum absolute atomic E-state index is 13.8. The summed E-state index contributed by atoms with van der Waals surface area (Å²) in [4.78, 5) is 8.46. The van der Waals surface area contributed by atoms with Gasteiger partial charge in [0.25, 0.3) is 0 Å². The van der Waals surface area contributed by atoms with Gasteiger partial charge in [0.05, 0.1) is 0 Å². The second-order valence-electron chi connectivity index (χ2n) is 5.92. The van der Waals surface area contributed by atoms with Gasteiger partial charge in [-0.1, -0.05) is 6.07 Å². The molecule has 0 spiro atoms. The summed E-state index contributed by atoms with van der Waals surface area (Å²) < 4.78 is 38.7. The summed E-state index contributed by atoms with van der Waals surface area (Å²) in [5.41, 5.74) is 1.07. The van der Waals surface area contributed by atoms with Crippen LogP contribution < -0.4 is 20.1 Å². The molecule has 6 nitrogen and oxygen atoms in total. The van der Waals surface area contributed by atoms with E-state index in [4.69, 9.17) is 9.47 Å². The molecule has 0 unspecified atom stereocenters. The molecule has 0 aliphatic carbocycles. The average Bonchev–Trinajstić information content (AvgIpc) is 2.64. The lowest BCUT2D eigenvalue weighted by Gasteiger charge is -2.19. The van der Waals surface area contributed by atoms with E-state index in [0.29, 0.717) is 36.2 Å². The van der Waals surface area contributed by atoms with Gasteiger partial charge in [-0.2, -0.15) is 4.98 Å². The number of para-hydroxylation sites is 1. The van der Waals surface area contributed by atoms with E-state index in [2.05, 4.69) is 20.6 Å². The fourth-order valence-electron chi connectivity index (χ4n) is 2.69. The summed E-state index contributed by atoms with van der Waals surface area (Å²) >= 11 is 0. The number of nitrogens with zero attached hydrogens (tertiary/aromatic N) is 2. The fraction of sp³-hybridized carbons (Fsp3) is 0.158. The van der Waals surface area contributed by atoms with Crippen molar-refractivity contribution in [1.29, 1.82) is 0 Å². The molecule has 2 heterocycles. The van der Waals surface area contributed by atoms with Crippen LogP contribution in [-0.4, -0.2) is 23.2 Å². The molecule has 0 saturated carbocycles. The zero-order valence-corrected chi connectivity index (χ0v) is 14.4. The Hall–Kier alpha value is -3.42. The van der Waals surface area contributed by atoms with Crippen LogP contribution in [0.3, 0.4) is 0 Å². The van der Waals surface area contributed by atoms with Gasteiger partial charge in [-0.05, 0) is 31.2 Å². The highest BCUT2D eigenvalue weighted by atomic mass is 19.1. The van der Waals surface area contributed by atoms with Gasteiger partial charge in [0, 0.05) is 23.5 Å².